The molecular weight excluding hydrogens is 356 g/mol. The third kappa shape index (κ3) is 3.08. The number of aryl methyl sites for hydroxylation is 1. The van der Waals surface area contributed by atoms with E-state index in [1.54, 1.807) is 18.9 Å². The van der Waals surface area contributed by atoms with Crippen LogP contribution in [0.25, 0.3) is 10.9 Å². The molecule has 8 heteroatoms. The van der Waals surface area contributed by atoms with Gasteiger partial charge in [-0.25, -0.2) is 0 Å². The highest BCUT2D eigenvalue weighted by Crippen LogP contribution is 2.33. The number of rotatable bonds is 4. The minimum absolute atomic E-state index is 0.00808. The number of amides is 1. The van der Waals surface area contributed by atoms with Crippen molar-refractivity contribution in [3.05, 3.63) is 46.8 Å². The molecule has 0 unspecified atom stereocenters. The van der Waals surface area contributed by atoms with E-state index in [1.165, 1.54) is 0 Å². The van der Waals surface area contributed by atoms with E-state index in [0.29, 0.717) is 29.8 Å². The van der Waals surface area contributed by atoms with Crippen molar-refractivity contribution >= 4 is 28.4 Å². The summed E-state index contributed by atoms with van der Waals surface area (Å²) in [6.45, 7) is 2.24. The molecule has 2 aromatic heterocycles. The van der Waals surface area contributed by atoms with Crippen molar-refractivity contribution in [2.45, 2.75) is 31.9 Å². The minimum atomic E-state index is -0.262. The molecule has 0 aliphatic carbocycles. The Morgan fingerprint density at radius 3 is 3.04 bits per heavy atom. The van der Waals surface area contributed by atoms with Crippen molar-refractivity contribution in [3.8, 4) is 0 Å². The van der Waals surface area contributed by atoms with Crippen LogP contribution in [0.1, 0.15) is 29.8 Å². The molecule has 0 radical (unpaired) electrons. The van der Waals surface area contributed by atoms with Gasteiger partial charge >= 0.3 is 0 Å². The lowest BCUT2D eigenvalue weighted by atomic mass is 10.1. The van der Waals surface area contributed by atoms with Crippen LogP contribution in [0.5, 0.6) is 0 Å². The third-order valence-corrected chi connectivity index (χ3v) is 5.05. The number of aromatic amines is 1. The molecule has 1 fully saturated rings. The third-order valence-electron chi connectivity index (χ3n) is 4.81. The lowest BCUT2D eigenvalue weighted by Gasteiger charge is -2.21. The Kier molecular flexibility index (Phi) is 4.42. The monoisotopic (exact) mass is 374 g/mol. The van der Waals surface area contributed by atoms with Gasteiger partial charge in [0.25, 0.3) is 0 Å². The standard InChI is InChI=1S/C18H19ClN4O3/c1-10-21-22-18(26-10)16-7-13(25-2)9-23(16)17(24)5-11-8-20-15-4-3-12(19)6-14(11)15/h3-4,6,8,13,16,20H,5,7,9H2,1-2H3/t13-,16+/m0/s1. The van der Waals surface area contributed by atoms with Gasteiger partial charge < -0.3 is 19.0 Å². The maximum absolute atomic E-state index is 13.0. The summed E-state index contributed by atoms with van der Waals surface area (Å²) in [5, 5.41) is 9.59. The molecule has 136 valence electrons. The number of methoxy groups -OCH3 is 1. The molecule has 26 heavy (non-hydrogen) atoms. The number of ether oxygens (including phenoxy) is 1. The van der Waals surface area contributed by atoms with Crippen molar-refractivity contribution in [3.63, 3.8) is 0 Å². The van der Waals surface area contributed by atoms with Gasteiger partial charge in [-0.05, 0) is 23.8 Å². The first-order valence-electron chi connectivity index (χ1n) is 8.43. The van der Waals surface area contributed by atoms with Crippen LogP contribution in [-0.4, -0.2) is 45.7 Å². The quantitative estimate of drug-likeness (QED) is 0.758. The molecule has 1 aliphatic rings. The van der Waals surface area contributed by atoms with Crippen molar-refractivity contribution in [2.75, 3.05) is 13.7 Å². The summed E-state index contributed by atoms with van der Waals surface area (Å²) in [4.78, 5) is 18.0. The number of fused-ring (bicyclic) bond motifs is 1. The molecule has 0 bridgehead atoms. The number of nitrogens with one attached hydrogen (secondary N) is 1. The van der Waals surface area contributed by atoms with Gasteiger partial charge in [0.1, 0.15) is 6.04 Å². The average molecular weight is 375 g/mol. The molecule has 1 N–H and O–H groups in total. The Hall–Kier alpha value is -2.38. The summed E-state index contributed by atoms with van der Waals surface area (Å²) in [5.74, 6) is 0.934. The molecular formula is C18H19ClN4O3. The highest BCUT2D eigenvalue weighted by Gasteiger charge is 2.39. The number of hydrogen-bond donors (Lipinski definition) is 1. The van der Waals surface area contributed by atoms with E-state index in [4.69, 9.17) is 20.8 Å². The molecule has 1 amide bonds. The van der Waals surface area contributed by atoms with Crippen LogP contribution in [0, 0.1) is 6.92 Å². The van der Waals surface area contributed by atoms with Gasteiger partial charge in [-0.2, -0.15) is 0 Å². The predicted octanol–water partition coefficient (Wildman–Crippen LogP) is 3.04. The fourth-order valence-electron chi connectivity index (χ4n) is 3.49. The Labute approximate surface area is 155 Å². The van der Waals surface area contributed by atoms with E-state index in [0.717, 1.165) is 16.5 Å². The van der Waals surface area contributed by atoms with E-state index < -0.39 is 0 Å². The molecule has 3 aromatic rings. The number of carbonyl (C=O) groups is 1. The van der Waals surface area contributed by atoms with E-state index in [2.05, 4.69) is 15.2 Å². The van der Waals surface area contributed by atoms with Crippen LogP contribution in [0.15, 0.2) is 28.8 Å². The first kappa shape index (κ1) is 17.1. The first-order chi connectivity index (χ1) is 12.5. The number of hydrogen-bond acceptors (Lipinski definition) is 5. The zero-order valence-corrected chi connectivity index (χ0v) is 15.3. The second kappa shape index (κ2) is 6.74. The molecule has 0 saturated carbocycles. The number of aromatic nitrogens is 3. The van der Waals surface area contributed by atoms with E-state index >= 15 is 0 Å². The summed E-state index contributed by atoms with van der Waals surface area (Å²) < 4.78 is 11.0. The molecule has 4 rings (SSSR count). The molecule has 0 spiro atoms. The van der Waals surface area contributed by atoms with Crippen molar-refractivity contribution in [2.24, 2.45) is 0 Å². The fourth-order valence-corrected chi connectivity index (χ4v) is 3.66. The maximum atomic E-state index is 13.0. The van der Waals surface area contributed by atoms with Gasteiger partial charge in [-0.1, -0.05) is 11.6 Å². The second-order valence-corrected chi connectivity index (χ2v) is 6.93. The zero-order chi connectivity index (χ0) is 18.3. The minimum Gasteiger partial charge on any atom is -0.423 e. The number of halogens is 1. The Bertz CT molecular complexity index is 951. The van der Waals surface area contributed by atoms with Crippen LogP contribution in [0.2, 0.25) is 5.02 Å². The van der Waals surface area contributed by atoms with Crippen LogP contribution >= 0.6 is 11.6 Å². The molecule has 1 aromatic carbocycles. The van der Waals surface area contributed by atoms with E-state index in [1.807, 2.05) is 24.4 Å². The molecule has 2 atom stereocenters. The number of benzene rings is 1. The van der Waals surface area contributed by atoms with Crippen molar-refractivity contribution < 1.29 is 13.9 Å². The summed E-state index contributed by atoms with van der Waals surface area (Å²) >= 11 is 6.10. The number of carbonyl (C=O) groups excluding carboxylic acids is 1. The predicted molar refractivity (Wildman–Crippen MR) is 95.9 cm³/mol. The largest absolute Gasteiger partial charge is 0.423 e. The van der Waals surface area contributed by atoms with Crippen molar-refractivity contribution in [1.82, 2.24) is 20.1 Å². The number of nitrogens with zero attached hydrogens (tertiary/aromatic N) is 3. The lowest BCUT2D eigenvalue weighted by molar-refractivity contribution is -0.132. The van der Waals surface area contributed by atoms with E-state index in [9.17, 15) is 4.79 Å². The number of H-pyrrole nitrogens is 1. The zero-order valence-electron chi connectivity index (χ0n) is 14.5. The Balaban J connectivity index is 1.59. The summed E-state index contributed by atoms with van der Waals surface area (Å²) in [5.41, 5.74) is 1.87. The second-order valence-electron chi connectivity index (χ2n) is 6.50. The molecule has 7 nitrogen and oxygen atoms in total. The van der Waals surface area contributed by atoms with Gasteiger partial charge in [0.05, 0.1) is 12.5 Å². The normalized spacial score (nSPS) is 20.2. The Morgan fingerprint density at radius 2 is 2.31 bits per heavy atom. The highest BCUT2D eigenvalue weighted by atomic mass is 35.5. The average Bonchev–Trinajstić information content (AvgIpc) is 3.33. The topological polar surface area (TPSA) is 84.2 Å². The fraction of sp³-hybridized carbons (Fsp3) is 0.389. The Morgan fingerprint density at radius 1 is 1.46 bits per heavy atom. The van der Waals surface area contributed by atoms with Gasteiger partial charge in [-0.3, -0.25) is 4.79 Å². The van der Waals surface area contributed by atoms with Crippen molar-refractivity contribution in [1.29, 1.82) is 0 Å². The first-order valence-corrected chi connectivity index (χ1v) is 8.80. The van der Waals surface area contributed by atoms with Crippen LogP contribution in [-0.2, 0) is 16.0 Å². The number of likely N-dealkylation sites (tertiary alicyclic amines) is 1. The maximum Gasteiger partial charge on any atom is 0.239 e. The summed E-state index contributed by atoms with van der Waals surface area (Å²) in [6.07, 6.45) is 2.71. The van der Waals surface area contributed by atoms with Gasteiger partial charge in [0.2, 0.25) is 17.7 Å². The summed E-state index contributed by atoms with van der Waals surface area (Å²) in [7, 11) is 1.65. The van der Waals surface area contributed by atoms with Gasteiger partial charge in [0.15, 0.2) is 0 Å². The molecule has 1 saturated heterocycles. The molecule has 1 aliphatic heterocycles. The van der Waals surface area contributed by atoms with E-state index in [-0.39, 0.29) is 24.5 Å². The lowest BCUT2D eigenvalue weighted by Crippen LogP contribution is -2.33. The van der Waals surface area contributed by atoms with Crippen LogP contribution in [0.4, 0.5) is 0 Å². The molecule has 3 heterocycles. The smallest absolute Gasteiger partial charge is 0.239 e. The van der Waals surface area contributed by atoms with Gasteiger partial charge in [-0.15, -0.1) is 10.2 Å². The van der Waals surface area contributed by atoms with Crippen LogP contribution in [0.3, 0.4) is 0 Å². The highest BCUT2D eigenvalue weighted by molar-refractivity contribution is 6.31. The van der Waals surface area contributed by atoms with Gasteiger partial charge in [0, 0.05) is 49.1 Å². The van der Waals surface area contributed by atoms with Crippen LogP contribution < -0.4 is 0 Å². The summed E-state index contributed by atoms with van der Waals surface area (Å²) in [6, 6.07) is 5.34. The SMILES string of the molecule is CO[C@H]1C[C@H](c2nnc(C)o2)N(C(=O)Cc2c[nH]c3ccc(Cl)cc23)C1.